The van der Waals surface area contributed by atoms with Gasteiger partial charge in [0.2, 0.25) is 0 Å². The van der Waals surface area contributed by atoms with E-state index in [9.17, 15) is 9.59 Å². The van der Waals surface area contributed by atoms with E-state index < -0.39 is 11.5 Å². The zero-order valence-corrected chi connectivity index (χ0v) is 8.61. The van der Waals surface area contributed by atoms with Crippen LogP contribution in [0, 0.1) is 6.92 Å². The van der Waals surface area contributed by atoms with Gasteiger partial charge in [0.25, 0.3) is 5.91 Å². The summed E-state index contributed by atoms with van der Waals surface area (Å²) in [6.07, 6.45) is 0. The molecule has 0 atom stereocenters. The molecule has 5 heteroatoms. The van der Waals surface area contributed by atoms with Crippen molar-refractivity contribution in [1.29, 1.82) is 0 Å². The lowest BCUT2D eigenvalue weighted by atomic mass is 10.1. The predicted molar refractivity (Wildman–Crippen MR) is 58.9 cm³/mol. The van der Waals surface area contributed by atoms with Crippen molar-refractivity contribution >= 4 is 16.9 Å². The van der Waals surface area contributed by atoms with Crippen LogP contribution >= 0.6 is 0 Å². The first-order valence-electron chi connectivity index (χ1n) is 4.68. The first-order valence-corrected chi connectivity index (χ1v) is 4.68. The van der Waals surface area contributed by atoms with Gasteiger partial charge in [-0.15, -0.1) is 0 Å². The second-order valence-electron chi connectivity index (χ2n) is 3.41. The monoisotopic (exact) mass is 218 g/mol. The van der Waals surface area contributed by atoms with Crippen molar-refractivity contribution in [3.8, 4) is 0 Å². The average Bonchev–Trinajstić information content (AvgIpc) is 2.29. The minimum absolute atomic E-state index is 0.0967. The first-order chi connectivity index (χ1) is 7.63. The minimum atomic E-state index is -0.690. The smallest absolute Gasteiger partial charge is 0.349 e. The number of carbonyl (C=O) groups excluding carboxylic acids is 1. The van der Waals surface area contributed by atoms with Crippen molar-refractivity contribution < 1.29 is 9.21 Å². The summed E-state index contributed by atoms with van der Waals surface area (Å²) in [6.45, 7) is 1.83. The first kappa shape index (κ1) is 10.4. The summed E-state index contributed by atoms with van der Waals surface area (Å²) in [5.41, 5.74) is 2.44. The maximum atomic E-state index is 11.5. The van der Waals surface area contributed by atoms with Gasteiger partial charge in [0, 0.05) is 5.39 Å². The van der Waals surface area contributed by atoms with Crippen molar-refractivity contribution in [1.82, 2.24) is 5.43 Å². The number of fused-ring (bicyclic) bond motifs is 1. The maximum Gasteiger partial charge on any atom is 0.349 e. The highest BCUT2D eigenvalue weighted by Crippen LogP contribution is 2.17. The maximum absolute atomic E-state index is 11.5. The van der Waals surface area contributed by atoms with Crippen molar-refractivity contribution in [3.63, 3.8) is 0 Å². The zero-order valence-electron chi connectivity index (χ0n) is 8.61. The van der Waals surface area contributed by atoms with Crippen molar-refractivity contribution in [2.24, 2.45) is 5.84 Å². The van der Waals surface area contributed by atoms with E-state index in [4.69, 9.17) is 10.3 Å². The Bertz CT molecular complexity index is 616. The van der Waals surface area contributed by atoms with E-state index in [1.165, 1.54) is 6.07 Å². The van der Waals surface area contributed by atoms with Crippen LogP contribution in [-0.2, 0) is 0 Å². The molecule has 0 spiro atoms. The van der Waals surface area contributed by atoms with E-state index in [1.807, 2.05) is 24.5 Å². The van der Waals surface area contributed by atoms with Crippen LogP contribution in [0.4, 0.5) is 0 Å². The lowest BCUT2D eigenvalue weighted by molar-refractivity contribution is 0.0950. The topological polar surface area (TPSA) is 85.3 Å². The molecule has 0 saturated heterocycles. The van der Waals surface area contributed by atoms with Gasteiger partial charge < -0.3 is 4.42 Å². The Morgan fingerprint density at radius 1 is 1.44 bits per heavy atom. The molecule has 2 rings (SSSR count). The number of nitrogen functional groups attached to an aromatic ring is 1. The molecule has 16 heavy (non-hydrogen) atoms. The summed E-state index contributed by atoms with van der Waals surface area (Å²) in [5.74, 6) is 4.31. The summed E-state index contributed by atoms with van der Waals surface area (Å²) in [4.78, 5) is 22.8. The largest absolute Gasteiger partial charge is 0.422 e. The van der Waals surface area contributed by atoms with Gasteiger partial charge in [-0.05, 0) is 18.6 Å². The molecule has 0 aliphatic rings. The van der Waals surface area contributed by atoms with E-state index in [-0.39, 0.29) is 5.56 Å². The molecular formula is C11H10N2O3. The Hall–Kier alpha value is -2.14. The fraction of sp³-hybridized carbons (Fsp3) is 0.0909. The van der Waals surface area contributed by atoms with E-state index in [1.54, 1.807) is 6.07 Å². The molecule has 0 fully saturated rings. The molecule has 0 aliphatic carbocycles. The number of carbonyl (C=O) groups is 1. The summed E-state index contributed by atoms with van der Waals surface area (Å²) in [7, 11) is 0. The van der Waals surface area contributed by atoms with Crippen LogP contribution in [0.15, 0.2) is 33.5 Å². The summed E-state index contributed by atoms with van der Waals surface area (Å²) in [5, 5.41) is 0.693. The van der Waals surface area contributed by atoms with Crippen molar-refractivity contribution in [2.45, 2.75) is 6.92 Å². The Kier molecular flexibility index (Phi) is 2.46. The third-order valence-corrected chi connectivity index (χ3v) is 2.33. The van der Waals surface area contributed by atoms with Crippen LogP contribution < -0.4 is 16.9 Å². The van der Waals surface area contributed by atoms with Crippen LogP contribution in [0.1, 0.15) is 15.9 Å². The number of benzene rings is 1. The van der Waals surface area contributed by atoms with Gasteiger partial charge in [-0.25, -0.2) is 10.6 Å². The van der Waals surface area contributed by atoms with Crippen LogP contribution in [0.25, 0.3) is 11.0 Å². The normalized spacial score (nSPS) is 10.4. The lowest BCUT2D eigenvalue weighted by Crippen LogP contribution is -2.33. The molecule has 3 N–H and O–H groups in total. The zero-order chi connectivity index (χ0) is 11.7. The molecule has 1 heterocycles. The van der Waals surface area contributed by atoms with Gasteiger partial charge >= 0.3 is 5.63 Å². The van der Waals surface area contributed by atoms with E-state index in [2.05, 4.69) is 0 Å². The molecule has 1 amide bonds. The average molecular weight is 218 g/mol. The molecule has 0 unspecified atom stereocenters. The Balaban J connectivity index is 2.78. The van der Waals surface area contributed by atoms with E-state index >= 15 is 0 Å². The van der Waals surface area contributed by atoms with Crippen LogP contribution in [-0.4, -0.2) is 5.91 Å². The lowest BCUT2D eigenvalue weighted by Gasteiger charge is -2.02. The number of nitrogens with two attached hydrogens (primary N) is 1. The van der Waals surface area contributed by atoms with Crippen LogP contribution in [0.2, 0.25) is 0 Å². The molecule has 0 saturated carbocycles. The van der Waals surface area contributed by atoms with Gasteiger partial charge in [0.1, 0.15) is 11.1 Å². The summed E-state index contributed by atoms with van der Waals surface area (Å²) in [6, 6.07) is 6.88. The fourth-order valence-electron chi connectivity index (χ4n) is 1.53. The van der Waals surface area contributed by atoms with E-state index in [0.717, 1.165) is 5.56 Å². The molecule has 2 aromatic rings. The molecule has 0 radical (unpaired) electrons. The highest BCUT2D eigenvalue weighted by Gasteiger charge is 2.12. The quantitative estimate of drug-likeness (QED) is 0.319. The van der Waals surface area contributed by atoms with Gasteiger partial charge in [-0.1, -0.05) is 18.2 Å². The number of aryl methyl sites for hydroxylation is 1. The van der Waals surface area contributed by atoms with Crippen molar-refractivity contribution in [3.05, 3.63) is 45.8 Å². The number of rotatable bonds is 1. The third kappa shape index (κ3) is 1.57. The minimum Gasteiger partial charge on any atom is -0.422 e. The van der Waals surface area contributed by atoms with Crippen LogP contribution in [0.5, 0.6) is 0 Å². The highest BCUT2D eigenvalue weighted by atomic mass is 16.4. The Labute approximate surface area is 90.8 Å². The number of hydrogen-bond donors (Lipinski definition) is 2. The van der Waals surface area contributed by atoms with Crippen molar-refractivity contribution in [2.75, 3.05) is 0 Å². The molecule has 0 bridgehead atoms. The van der Waals surface area contributed by atoms with Gasteiger partial charge in [0.15, 0.2) is 0 Å². The second-order valence-corrected chi connectivity index (χ2v) is 3.41. The Morgan fingerprint density at radius 3 is 2.88 bits per heavy atom. The number of para-hydroxylation sites is 1. The van der Waals surface area contributed by atoms with Gasteiger partial charge in [0.05, 0.1) is 0 Å². The number of hydrazine groups is 1. The molecule has 5 nitrogen and oxygen atoms in total. The Morgan fingerprint density at radius 2 is 2.19 bits per heavy atom. The molecule has 82 valence electrons. The molecule has 0 aliphatic heterocycles. The van der Waals surface area contributed by atoms with Crippen LogP contribution in [0.3, 0.4) is 0 Å². The number of nitrogens with one attached hydrogen (secondary N) is 1. The number of amides is 1. The molecule has 1 aromatic carbocycles. The summed E-state index contributed by atoms with van der Waals surface area (Å²) < 4.78 is 5.07. The fourth-order valence-corrected chi connectivity index (χ4v) is 1.53. The van der Waals surface area contributed by atoms with Gasteiger partial charge in [-0.2, -0.15) is 0 Å². The number of hydrogen-bond acceptors (Lipinski definition) is 4. The predicted octanol–water partition coefficient (Wildman–Crippen LogP) is 0.705. The van der Waals surface area contributed by atoms with Gasteiger partial charge in [-0.3, -0.25) is 10.2 Å². The molecule has 1 aromatic heterocycles. The third-order valence-electron chi connectivity index (χ3n) is 2.33. The summed E-state index contributed by atoms with van der Waals surface area (Å²) >= 11 is 0. The highest BCUT2D eigenvalue weighted by molar-refractivity contribution is 5.96. The SMILES string of the molecule is Cc1cccc2cc(C(=O)NN)c(=O)oc12. The van der Waals surface area contributed by atoms with E-state index in [0.29, 0.717) is 11.0 Å². The molecular weight excluding hydrogens is 208 g/mol. The second kappa shape index (κ2) is 3.79. The standard InChI is InChI=1S/C11H10N2O3/c1-6-3-2-4-7-5-8(10(14)13-12)11(15)16-9(6)7/h2-5H,12H2,1H3,(H,13,14).